The van der Waals surface area contributed by atoms with E-state index in [0.29, 0.717) is 5.69 Å². The molecule has 0 aliphatic carbocycles. The molecular weight excluding hydrogens is 242 g/mol. The number of carboxylic acid groups (broad SMARTS) is 1. The highest BCUT2D eigenvalue weighted by atomic mass is 16.4. The van der Waals surface area contributed by atoms with Crippen molar-refractivity contribution >= 4 is 17.7 Å². The van der Waals surface area contributed by atoms with E-state index in [1.165, 1.54) is 0 Å². The molecular formula is C14H15N3O2. The molecule has 0 atom stereocenters. The first-order chi connectivity index (χ1) is 9.11. The van der Waals surface area contributed by atoms with Gasteiger partial charge in [0.2, 0.25) is 5.95 Å². The minimum Gasteiger partial charge on any atom is -0.464 e. The summed E-state index contributed by atoms with van der Waals surface area (Å²) in [5, 5.41) is 9.38. The van der Waals surface area contributed by atoms with E-state index in [0.717, 1.165) is 22.7 Å². The molecule has 0 unspecified atom stereocenters. The van der Waals surface area contributed by atoms with E-state index < -0.39 is 6.09 Å². The third-order valence-corrected chi connectivity index (χ3v) is 2.66. The number of amides is 1. The molecule has 1 amide bonds. The van der Waals surface area contributed by atoms with E-state index in [4.69, 9.17) is 0 Å². The van der Waals surface area contributed by atoms with Gasteiger partial charge in [0.05, 0.1) is 5.69 Å². The van der Waals surface area contributed by atoms with E-state index in [9.17, 15) is 9.90 Å². The van der Waals surface area contributed by atoms with Crippen molar-refractivity contribution in [3.05, 3.63) is 47.8 Å². The molecule has 0 aliphatic rings. The van der Waals surface area contributed by atoms with Crippen molar-refractivity contribution in [1.82, 2.24) is 9.97 Å². The number of nitrogens with zero attached hydrogens (tertiary/aromatic N) is 3. The second-order valence-corrected chi connectivity index (χ2v) is 4.11. The fourth-order valence-electron chi connectivity index (χ4n) is 1.79. The van der Waals surface area contributed by atoms with Crippen molar-refractivity contribution in [2.24, 2.45) is 0 Å². The van der Waals surface area contributed by atoms with Gasteiger partial charge in [-0.2, -0.15) is 0 Å². The number of aromatic nitrogens is 2. The molecule has 1 N–H and O–H groups in total. The Balaban J connectivity index is 2.51. The van der Waals surface area contributed by atoms with Crippen LogP contribution in [0.25, 0.3) is 0 Å². The number of carbonyl (C=O) groups is 1. The second kappa shape index (κ2) is 5.48. The van der Waals surface area contributed by atoms with Crippen LogP contribution in [0.15, 0.2) is 36.4 Å². The molecule has 0 radical (unpaired) electrons. The Morgan fingerprint density at radius 2 is 1.95 bits per heavy atom. The highest BCUT2D eigenvalue weighted by Gasteiger charge is 2.20. The Morgan fingerprint density at radius 3 is 2.53 bits per heavy atom. The van der Waals surface area contributed by atoms with Gasteiger partial charge >= 0.3 is 6.09 Å². The Labute approximate surface area is 111 Å². The van der Waals surface area contributed by atoms with Crippen LogP contribution >= 0.6 is 0 Å². The first-order valence-corrected chi connectivity index (χ1v) is 6.04. The van der Waals surface area contributed by atoms with Crippen LogP contribution in [0.1, 0.15) is 18.3 Å². The zero-order valence-electron chi connectivity index (χ0n) is 10.9. The molecule has 0 saturated heterocycles. The van der Waals surface area contributed by atoms with Crippen LogP contribution in [-0.2, 0) is 6.42 Å². The third-order valence-electron chi connectivity index (χ3n) is 2.66. The standard InChI is InChI=1S/C14H15N3O2/c1-3-11-9-10(2)15-13(16-11)17(14(18)19)12-7-5-4-6-8-12/h4-9H,3H2,1-2H3,(H,18,19). The zero-order valence-corrected chi connectivity index (χ0v) is 10.9. The van der Waals surface area contributed by atoms with E-state index >= 15 is 0 Å². The molecule has 2 aromatic rings. The first kappa shape index (κ1) is 13.0. The van der Waals surface area contributed by atoms with Crippen LogP contribution in [0, 0.1) is 6.92 Å². The van der Waals surface area contributed by atoms with Gasteiger partial charge in [-0.1, -0.05) is 25.1 Å². The SMILES string of the molecule is CCc1cc(C)nc(N(C(=O)O)c2ccccc2)n1. The second-order valence-electron chi connectivity index (χ2n) is 4.11. The Hall–Kier alpha value is -2.43. The average molecular weight is 257 g/mol. The number of rotatable bonds is 3. The Morgan fingerprint density at radius 1 is 1.26 bits per heavy atom. The maximum absolute atomic E-state index is 11.5. The maximum Gasteiger partial charge on any atom is 0.418 e. The molecule has 19 heavy (non-hydrogen) atoms. The molecule has 1 aromatic heterocycles. The van der Waals surface area contributed by atoms with Crippen LogP contribution < -0.4 is 4.90 Å². The van der Waals surface area contributed by atoms with Gasteiger partial charge in [0.1, 0.15) is 0 Å². The highest BCUT2D eigenvalue weighted by Crippen LogP contribution is 2.22. The summed E-state index contributed by atoms with van der Waals surface area (Å²) in [6.07, 6.45) is -0.364. The summed E-state index contributed by atoms with van der Waals surface area (Å²) in [7, 11) is 0. The monoisotopic (exact) mass is 257 g/mol. The lowest BCUT2D eigenvalue weighted by molar-refractivity contribution is 0.204. The lowest BCUT2D eigenvalue weighted by Crippen LogP contribution is -2.26. The molecule has 0 fully saturated rings. The summed E-state index contributed by atoms with van der Waals surface area (Å²) in [6.45, 7) is 3.80. The quantitative estimate of drug-likeness (QED) is 0.917. The zero-order chi connectivity index (χ0) is 13.8. The van der Waals surface area contributed by atoms with Crippen molar-refractivity contribution in [2.75, 3.05) is 4.90 Å². The predicted molar refractivity (Wildman–Crippen MR) is 72.8 cm³/mol. The summed E-state index contributed by atoms with van der Waals surface area (Å²) < 4.78 is 0. The van der Waals surface area contributed by atoms with Crippen molar-refractivity contribution in [3.8, 4) is 0 Å². The van der Waals surface area contributed by atoms with Crippen molar-refractivity contribution < 1.29 is 9.90 Å². The van der Waals surface area contributed by atoms with Gasteiger partial charge in [0.25, 0.3) is 0 Å². The predicted octanol–water partition coefficient (Wildman–Crippen LogP) is 3.16. The van der Waals surface area contributed by atoms with Gasteiger partial charge in [0, 0.05) is 11.4 Å². The minimum atomic E-state index is -1.10. The van der Waals surface area contributed by atoms with Gasteiger partial charge in [0.15, 0.2) is 0 Å². The molecule has 2 rings (SSSR count). The molecule has 5 nitrogen and oxygen atoms in total. The molecule has 0 bridgehead atoms. The summed E-state index contributed by atoms with van der Waals surface area (Å²) in [4.78, 5) is 21.0. The number of benzene rings is 1. The molecule has 0 aliphatic heterocycles. The number of para-hydroxylation sites is 1. The van der Waals surface area contributed by atoms with Crippen LogP contribution in [0.2, 0.25) is 0 Å². The van der Waals surface area contributed by atoms with Crippen molar-refractivity contribution in [3.63, 3.8) is 0 Å². The smallest absolute Gasteiger partial charge is 0.418 e. The maximum atomic E-state index is 11.5. The van der Waals surface area contributed by atoms with E-state index in [-0.39, 0.29) is 5.95 Å². The fourth-order valence-corrected chi connectivity index (χ4v) is 1.79. The summed E-state index contributed by atoms with van der Waals surface area (Å²) in [5.41, 5.74) is 2.11. The summed E-state index contributed by atoms with van der Waals surface area (Å²) in [6, 6.07) is 10.7. The van der Waals surface area contributed by atoms with Gasteiger partial charge in [-0.3, -0.25) is 0 Å². The largest absolute Gasteiger partial charge is 0.464 e. The van der Waals surface area contributed by atoms with Gasteiger partial charge < -0.3 is 5.11 Å². The number of hydrogen-bond donors (Lipinski definition) is 1. The topological polar surface area (TPSA) is 66.3 Å². The lowest BCUT2D eigenvalue weighted by Gasteiger charge is -2.18. The molecule has 0 spiro atoms. The van der Waals surface area contributed by atoms with Crippen molar-refractivity contribution in [1.29, 1.82) is 0 Å². The van der Waals surface area contributed by atoms with Gasteiger partial charge in [-0.25, -0.2) is 19.7 Å². The van der Waals surface area contributed by atoms with Crippen LogP contribution in [0.5, 0.6) is 0 Å². The normalized spacial score (nSPS) is 10.2. The van der Waals surface area contributed by atoms with E-state index in [1.54, 1.807) is 24.3 Å². The Bertz CT molecular complexity index is 584. The summed E-state index contributed by atoms with van der Waals surface area (Å²) >= 11 is 0. The molecule has 1 heterocycles. The third kappa shape index (κ3) is 2.88. The number of aryl methyl sites for hydroxylation is 2. The summed E-state index contributed by atoms with van der Waals surface area (Å²) in [5.74, 6) is 0.190. The van der Waals surface area contributed by atoms with Crippen LogP contribution in [0.4, 0.5) is 16.4 Å². The Kier molecular flexibility index (Phi) is 3.75. The number of anilines is 2. The van der Waals surface area contributed by atoms with Crippen molar-refractivity contribution in [2.45, 2.75) is 20.3 Å². The minimum absolute atomic E-state index is 0.190. The molecule has 0 saturated carbocycles. The number of hydrogen-bond acceptors (Lipinski definition) is 3. The van der Waals surface area contributed by atoms with Gasteiger partial charge in [-0.05, 0) is 31.5 Å². The molecule has 98 valence electrons. The lowest BCUT2D eigenvalue weighted by atomic mass is 10.3. The van der Waals surface area contributed by atoms with Gasteiger partial charge in [-0.15, -0.1) is 0 Å². The fraction of sp³-hybridized carbons (Fsp3) is 0.214. The van der Waals surface area contributed by atoms with E-state index in [2.05, 4.69) is 9.97 Å². The highest BCUT2D eigenvalue weighted by molar-refractivity contribution is 5.92. The molecule has 1 aromatic carbocycles. The first-order valence-electron chi connectivity index (χ1n) is 6.04. The average Bonchev–Trinajstić information content (AvgIpc) is 2.39. The molecule has 5 heteroatoms. The van der Waals surface area contributed by atoms with E-state index in [1.807, 2.05) is 26.0 Å². The van der Waals surface area contributed by atoms with Crippen LogP contribution in [0.3, 0.4) is 0 Å². The van der Waals surface area contributed by atoms with Crippen LogP contribution in [-0.4, -0.2) is 21.2 Å².